The highest BCUT2D eigenvalue weighted by Crippen LogP contribution is 2.03. The number of carbonyl (C=O) groups excluding carboxylic acids is 1. The lowest BCUT2D eigenvalue weighted by molar-refractivity contribution is -0.120. The van der Waals surface area contributed by atoms with Crippen molar-refractivity contribution in [1.29, 1.82) is 0 Å². The topological polar surface area (TPSA) is 96.2 Å². The fourth-order valence-electron chi connectivity index (χ4n) is 2.59. The van der Waals surface area contributed by atoms with Gasteiger partial charge in [-0.25, -0.2) is 4.39 Å². The Morgan fingerprint density at radius 3 is 2.64 bits per heavy atom. The highest BCUT2D eigenvalue weighted by molar-refractivity contribution is 5.80. The summed E-state index contributed by atoms with van der Waals surface area (Å²) in [6.45, 7) is 7.11. The van der Waals surface area contributed by atoms with Crippen LogP contribution < -0.4 is 16.0 Å². The number of carbonyl (C=O) groups is 1. The standard InChI is InChI=1S/C19H28FN7O/c1-3-17-26-25-14-27(17)12-11-24-19(21-4-2)23-10-9-22-18(28)13-15-5-7-16(20)8-6-15/h5-8,14H,3-4,9-13H2,1-2H3,(H,22,28)(H2,21,23,24). The van der Waals surface area contributed by atoms with Crippen molar-refractivity contribution in [3.8, 4) is 0 Å². The summed E-state index contributed by atoms with van der Waals surface area (Å²) in [7, 11) is 0. The molecule has 0 aliphatic rings. The zero-order chi connectivity index (χ0) is 20.2. The minimum absolute atomic E-state index is 0.112. The first kappa shape index (κ1) is 21.3. The van der Waals surface area contributed by atoms with Crippen LogP contribution in [0.1, 0.15) is 25.2 Å². The molecule has 0 spiro atoms. The van der Waals surface area contributed by atoms with Crippen molar-refractivity contribution >= 4 is 11.9 Å². The van der Waals surface area contributed by atoms with Crippen LogP contribution >= 0.6 is 0 Å². The van der Waals surface area contributed by atoms with Gasteiger partial charge in [-0.05, 0) is 24.6 Å². The largest absolute Gasteiger partial charge is 0.357 e. The molecule has 28 heavy (non-hydrogen) atoms. The number of aromatic nitrogens is 3. The van der Waals surface area contributed by atoms with Crippen LogP contribution in [-0.2, 0) is 24.2 Å². The lowest BCUT2D eigenvalue weighted by Gasteiger charge is -2.12. The quantitative estimate of drug-likeness (QED) is 0.319. The second-order valence-corrected chi connectivity index (χ2v) is 6.13. The fraction of sp³-hybridized carbons (Fsp3) is 0.474. The van der Waals surface area contributed by atoms with Gasteiger partial charge in [0.05, 0.1) is 13.0 Å². The van der Waals surface area contributed by atoms with E-state index < -0.39 is 0 Å². The van der Waals surface area contributed by atoms with E-state index in [1.54, 1.807) is 18.5 Å². The summed E-state index contributed by atoms with van der Waals surface area (Å²) in [6, 6.07) is 5.93. The van der Waals surface area contributed by atoms with Crippen molar-refractivity contribution in [2.45, 2.75) is 33.2 Å². The molecule has 1 aromatic heterocycles. The number of benzene rings is 1. The first-order chi connectivity index (χ1) is 13.6. The highest BCUT2D eigenvalue weighted by atomic mass is 19.1. The van der Waals surface area contributed by atoms with E-state index in [1.807, 2.05) is 18.4 Å². The number of rotatable bonds is 10. The second kappa shape index (κ2) is 11.7. The molecule has 1 aromatic carbocycles. The Morgan fingerprint density at radius 1 is 1.14 bits per heavy atom. The summed E-state index contributed by atoms with van der Waals surface area (Å²) in [5.74, 6) is 1.23. The van der Waals surface area contributed by atoms with Gasteiger partial charge in [0.25, 0.3) is 0 Å². The van der Waals surface area contributed by atoms with E-state index in [9.17, 15) is 9.18 Å². The molecule has 0 saturated carbocycles. The summed E-state index contributed by atoms with van der Waals surface area (Å²) in [5.41, 5.74) is 0.776. The third-order valence-corrected chi connectivity index (χ3v) is 3.98. The van der Waals surface area contributed by atoms with Gasteiger partial charge >= 0.3 is 0 Å². The average molecular weight is 389 g/mol. The SMILES string of the molecule is CCNC(=NCCNC(=O)Cc1ccc(F)cc1)NCCn1cnnc1CC. The molecule has 152 valence electrons. The van der Waals surface area contributed by atoms with Gasteiger partial charge in [-0.2, -0.15) is 0 Å². The first-order valence-corrected chi connectivity index (χ1v) is 9.52. The van der Waals surface area contributed by atoms with Crippen molar-refractivity contribution < 1.29 is 9.18 Å². The number of guanidine groups is 1. The van der Waals surface area contributed by atoms with Crippen LogP contribution in [0, 0.1) is 5.82 Å². The lowest BCUT2D eigenvalue weighted by atomic mass is 10.1. The van der Waals surface area contributed by atoms with Gasteiger partial charge < -0.3 is 20.5 Å². The first-order valence-electron chi connectivity index (χ1n) is 9.52. The van der Waals surface area contributed by atoms with Crippen molar-refractivity contribution in [3.63, 3.8) is 0 Å². The molecule has 2 aromatic rings. The van der Waals surface area contributed by atoms with E-state index in [0.717, 1.165) is 30.9 Å². The van der Waals surface area contributed by atoms with E-state index in [0.29, 0.717) is 25.6 Å². The highest BCUT2D eigenvalue weighted by Gasteiger charge is 2.04. The Bertz CT molecular complexity index is 758. The number of nitrogens with zero attached hydrogens (tertiary/aromatic N) is 4. The maximum absolute atomic E-state index is 12.9. The molecular weight excluding hydrogens is 361 g/mol. The van der Waals surface area contributed by atoms with Crippen LogP contribution in [0.3, 0.4) is 0 Å². The van der Waals surface area contributed by atoms with E-state index in [-0.39, 0.29) is 18.1 Å². The number of halogens is 1. The van der Waals surface area contributed by atoms with Crippen LogP contribution in [0.4, 0.5) is 4.39 Å². The van der Waals surface area contributed by atoms with Crippen molar-refractivity contribution in [3.05, 3.63) is 47.8 Å². The van der Waals surface area contributed by atoms with Crippen LogP contribution in [0.25, 0.3) is 0 Å². The van der Waals surface area contributed by atoms with E-state index in [4.69, 9.17) is 0 Å². The normalized spacial score (nSPS) is 11.3. The molecule has 1 heterocycles. The van der Waals surface area contributed by atoms with Gasteiger partial charge in [0.1, 0.15) is 18.0 Å². The van der Waals surface area contributed by atoms with Gasteiger partial charge in [0.15, 0.2) is 5.96 Å². The smallest absolute Gasteiger partial charge is 0.224 e. The maximum Gasteiger partial charge on any atom is 0.224 e. The molecule has 0 saturated heterocycles. The molecule has 0 bridgehead atoms. The molecule has 2 rings (SSSR count). The van der Waals surface area contributed by atoms with Crippen molar-refractivity contribution in [2.24, 2.45) is 4.99 Å². The van der Waals surface area contributed by atoms with Crippen LogP contribution in [0.2, 0.25) is 0 Å². The molecule has 0 radical (unpaired) electrons. The van der Waals surface area contributed by atoms with E-state index in [1.165, 1.54) is 12.1 Å². The third kappa shape index (κ3) is 7.34. The summed E-state index contributed by atoms with van der Waals surface area (Å²) in [5, 5.41) is 17.2. The minimum atomic E-state index is -0.308. The Kier molecular flexibility index (Phi) is 8.90. The molecule has 1 amide bonds. The van der Waals surface area contributed by atoms with Gasteiger partial charge in [-0.1, -0.05) is 19.1 Å². The number of aliphatic imine (C=N–C) groups is 1. The Balaban J connectivity index is 1.71. The number of hydrogen-bond acceptors (Lipinski definition) is 4. The summed E-state index contributed by atoms with van der Waals surface area (Å²) >= 11 is 0. The second-order valence-electron chi connectivity index (χ2n) is 6.13. The summed E-state index contributed by atoms with van der Waals surface area (Å²) in [6.07, 6.45) is 2.79. The van der Waals surface area contributed by atoms with Crippen molar-refractivity contribution in [2.75, 3.05) is 26.2 Å². The van der Waals surface area contributed by atoms with Crippen LogP contribution in [-0.4, -0.2) is 52.8 Å². The summed E-state index contributed by atoms with van der Waals surface area (Å²) < 4.78 is 14.9. The Morgan fingerprint density at radius 2 is 1.93 bits per heavy atom. The van der Waals surface area contributed by atoms with Crippen LogP contribution in [0.5, 0.6) is 0 Å². The maximum atomic E-state index is 12.9. The molecule has 0 fully saturated rings. The molecule has 0 aliphatic carbocycles. The average Bonchev–Trinajstić information content (AvgIpc) is 3.14. The monoisotopic (exact) mass is 389 g/mol. The van der Waals surface area contributed by atoms with Gasteiger partial charge in [0.2, 0.25) is 5.91 Å². The number of hydrogen-bond donors (Lipinski definition) is 3. The van der Waals surface area contributed by atoms with E-state index >= 15 is 0 Å². The van der Waals surface area contributed by atoms with Gasteiger partial charge in [0, 0.05) is 32.6 Å². The fourth-order valence-corrected chi connectivity index (χ4v) is 2.59. The Hall–Kier alpha value is -2.97. The Labute approximate surface area is 164 Å². The minimum Gasteiger partial charge on any atom is -0.357 e. The third-order valence-electron chi connectivity index (χ3n) is 3.98. The van der Waals surface area contributed by atoms with E-state index in [2.05, 4.69) is 31.1 Å². The molecule has 9 heteroatoms. The predicted molar refractivity (Wildman–Crippen MR) is 106 cm³/mol. The molecular formula is C19H28FN7O. The zero-order valence-electron chi connectivity index (χ0n) is 16.4. The number of amides is 1. The molecule has 8 nitrogen and oxygen atoms in total. The zero-order valence-corrected chi connectivity index (χ0v) is 16.4. The predicted octanol–water partition coefficient (Wildman–Crippen LogP) is 0.894. The van der Waals surface area contributed by atoms with Crippen LogP contribution in [0.15, 0.2) is 35.6 Å². The molecule has 3 N–H and O–H groups in total. The van der Waals surface area contributed by atoms with Gasteiger partial charge in [-0.15, -0.1) is 10.2 Å². The molecule has 0 atom stereocenters. The summed E-state index contributed by atoms with van der Waals surface area (Å²) in [4.78, 5) is 16.4. The number of aryl methyl sites for hydroxylation is 1. The number of nitrogens with one attached hydrogen (secondary N) is 3. The van der Waals surface area contributed by atoms with Crippen molar-refractivity contribution in [1.82, 2.24) is 30.7 Å². The lowest BCUT2D eigenvalue weighted by Crippen LogP contribution is -2.39. The molecule has 0 aliphatic heterocycles. The van der Waals surface area contributed by atoms with Gasteiger partial charge in [-0.3, -0.25) is 9.79 Å². The molecule has 0 unspecified atom stereocenters.